The van der Waals surface area contributed by atoms with Crippen LogP contribution in [0.25, 0.3) is 0 Å². The van der Waals surface area contributed by atoms with Gasteiger partial charge in [0, 0.05) is 0 Å². The molecular formula is C20H44O2. The first-order chi connectivity index (χ1) is 10.4. The largest absolute Gasteiger partial charge is 0.393 e. The fourth-order valence-corrected chi connectivity index (χ4v) is 2.89. The van der Waals surface area contributed by atoms with Crippen LogP contribution in [0.3, 0.4) is 0 Å². The Kier molecular flexibility index (Phi) is 19.0. The van der Waals surface area contributed by atoms with E-state index in [9.17, 15) is 10.2 Å². The summed E-state index contributed by atoms with van der Waals surface area (Å²) >= 11 is 0. The van der Waals surface area contributed by atoms with Crippen LogP contribution in [0.2, 0.25) is 0 Å². The lowest BCUT2D eigenvalue weighted by Crippen LogP contribution is -2.15. The predicted molar refractivity (Wildman–Crippen MR) is 99.2 cm³/mol. The van der Waals surface area contributed by atoms with Crippen LogP contribution in [0.15, 0.2) is 0 Å². The van der Waals surface area contributed by atoms with Crippen molar-refractivity contribution < 1.29 is 10.2 Å². The van der Waals surface area contributed by atoms with E-state index in [1.165, 1.54) is 51.4 Å². The van der Waals surface area contributed by atoms with Crippen molar-refractivity contribution in [3.05, 3.63) is 0 Å². The molecule has 22 heavy (non-hydrogen) atoms. The summed E-state index contributed by atoms with van der Waals surface area (Å²) < 4.78 is 0. The predicted octanol–water partition coefficient (Wildman–Crippen LogP) is 5.95. The summed E-state index contributed by atoms with van der Waals surface area (Å²) in [4.78, 5) is 0. The summed E-state index contributed by atoms with van der Waals surface area (Å²) in [6, 6.07) is 0. The minimum Gasteiger partial charge on any atom is -0.393 e. The van der Waals surface area contributed by atoms with Gasteiger partial charge in [0.25, 0.3) is 0 Å². The van der Waals surface area contributed by atoms with E-state index in [4.69, 9.17) is 0 Å². The quantitative estimate of drug-likeness (QED) is 0.437. The average Bonchev–Trinajstić information content (AvgIpc) is 2.48. The standard InChI is InChI=1S/2C10H22O/c2*1-4-6-7-8-10(5-2)9(3)11/h2*9-11H,4-8H2,1-3H3. The summed E-state index contributed by atoms with van der Waals surface area (Å²) in [6.45, 7) is 12.5. The van der Waals surface area contributed by atoms with E-state index in [-0.39, 0.29) is 12.2 Å². The van der Waals surface area contributed by atoms with E-state index in [2.05, 4.69) is 27.7 Å². The third-order valence-electron chi connectivity index (χ3n) is 4.77. The maximum Gasteiger partial charge on any atom is 0.0540 e. The van der Waals surface area contributed by atoms with Crippen LogP contribution in [-0.2, 0) is 0 Å². The molecule has 0 aromatic heterocycles. The molecule has 0 aromatic rings. The van der Waals surface area contributed by atoms with Crippen LogP contribution in [0.1, 0.15) is 106 Å². The van der Waals surface area contributed by atoms with Crippen molar-refractivity contribution >= 4 is 0 Å². The Morgan fingerprint density at radius 3 is 1.09 bits per heavy atom. The van der Waals surface area contributed by atoms with Gasteiger partial charge in [0.1, 0.15) is 0 Å². The molecule has 136 valence electrons. The third-order valence-corrected chi connectivity index (χ3v) is 4.77. The molecular weight excluding hydrogens is 272 g/mol. The van der Waals surface area contributed by atoms with Crippen molar-refractivity contribution in [2.75, 3.05) is 0 Å². The van der Waals surface area contributed by atoms with E-state index in [0.29, 0.717) is 11.8 Å². The van der Waals surface area contributed by atoms with Gasteiger partial charge >= 0.3 is 0 Å². The first-order valence-corrected chi connectivity index (χ1v) is 9.80. The molecule has 0 aliphatic carbocycles. The van der Waals surface area contributed by atoms with E-state index in [1.807, 2.05) is 13.8 Å². The average molecular weight is 317 g/mol. The summed E-state index contributed by atoms with van der Waals surface area (Å²) in [5.74, 6) is 1.06. The SMILES string of the molecule is CCCCCC(CC)C(C)O.CCCCCC(CC)C(C)O. The molecule has 0 fully saturated rings. The lowest BCUT2D eigenvalue weighted by molar-refractivity contribution is 0.115. The van der Waals surface area contributed by atoms with Crippen LogP contribution in [0, 0.1) is 11.8 Å². The molecule has 0 amide bonds. The molecule has 0 saturated heterocycles. The van der Waals surface area contributed by atoms with Gasteiger partial charge in [0.15, 0.2) is 0 Å². The Morgan fingerprint density at radius 1 is 0.591 bits per heavy atom. The van der Waals surface area contributed by atoms with Gasteiger partial charge in [0.2, 0.25) is 0 Å². The Hall–Kier alpha value is -0.0800. The third kappa shape index (κ3) is 14.8. The van der Waals surface area contributed by atoms with Crippen molar-refractivity contribution in [2.24, 2.45) is 11.8 Å². The molecule has 0 aliphatic rings. The Morgan fingerprint density at radius 2 is 0.909 bits per heavy atom. The number of rotatable bonds is 12. The number of hydrogen-bond acceptors (Lipinski definition) is 2. The lowest BCUT2D eigenvalue weighted by atomic mass is 9.94. The van der Waals surface area contributed by atoms with Crippen LogP contribution in [0.5, 0.6) is 0 Å². The zero-order chi connectivity index (χ0) is 17.4. The van der Waals surface area contributed by atoms with Gasteiger partial charge in [0.05, 0.1) is 12.2 Å². The Bertz CT molecular complexity index is 180. The normalized spacial score (nSPS) is 16.4. The number of hydrogen-bond donors (Lipinski definition) is 2. The fourth-order valence-electron chi connectivity index (χ4n) is 2.89. The Labute approximate surface area is 140 Å². The van der Waals surface area contributed by atoms with Gasteiger partial charge < -0.3 is 10.2 Å². The monoisotopic (exact) mass is 316 g/mol. The van der Waals surface area contributed by atoms with Gasteiger partial charge in [-0.3, -0.25) is 0 Å². The fraction of sp³-hybridized carbons (Fsp3) is 1.00. The molecule has 0 spiro atoms. The highest BCUT2D eigenvalue weighted by molar-refractivity contribution is 4.63. The number of aliphatic hydroxyl groups excluding tert-OH is 2. The van der Waals surface area contributed by atoms with Crippen LogP contribution < -0.4 is 0 Å². The van der Waals surface area contributed by atoms with Crippen LogP contribution in [0.4, 0.5) is 0 Å². The van der Waals surface area contributed by atoms with Crippen molar-refractivity contribution in [3.63, 3.8) is 0 Å². The highest BCUT2D eigenvalue weighted by Crippen LogP contribution is 2.17. The van der Waals surface area contributed by atoms with Crippen LogP contribution in [-0.4, -0.2) is 22.4 Å². The molecule has 4 unspecified atom stereocenters. The second-order valence-electron chi connectivity index (χ2n) is 6.81. The topological polar surface area (TPSA) is 40.5 Å². The minimum atomic E-state index is -0.114. The van der Waals surface area contributed by atoms with E-state index >= 15 is 0 Å². The van der Waals surface area contributed by atoms with Gasteiger partial charge in [-0.1, -0.05) is 79.1 Å². The van der Waals surface area contributed by atoms with Crippen molar-refractivity contribution in [3.8, 4) is 0 Å². The van der Waals surface area contributed by atoms with Crippen LogP contribution >= 0.6 is 0 Å². The minimum absolute atomic E-state index is 0.114. The molecule has 2 nitrogen and oxygen atoms in total. The number of unbranched alkanes of at least 4 members (excludes halogenated alkanes) is 4. The lowest BCUT2D eigenvalue weighted by Gasteiger charge is -2.17. The summed E-state index contributed by atoms with van der Waals surface area (Å²) in [5.41, 5.74) is 0. The maximum atomic E-state index is 9.31. The first kappa shape index (κ1) is 24.2. The van der Waals surface area contributed by atoms with E-state index in [0.717, 1.165) is 12.8 Å². The summed E-state index contributed by atoms with van der Waals surface area (Å²) in [7, 11) is 0. The van der Waals surface area contributed by atoms with E-state index < -0.39 is 0 Å². The van der Waals surface area contributed by atoms with Gasteiger partial charge in [-0.15, -0.1) is 0 Å². The highest BCUT2D eigenvalue weighted by Gasteiger charge is 2.11. The molecule has 0 aliphatic heterocycles. The first-order valence-electron chi connectivity index (χ1n) is 9.80. The molecule has 0 aromatic carbocycles. The molecule has 0 bridgehead atoms. The second kappa shape index (κ2) is 17.3. The van der Waals surface area contributed by atoms with Gasteiger partial charge in [-0.25, -0.2) is 0 Å². The molecule has 4 atom stereocenters. The Balaban J connectivity index is 0. The summed E-state index contributed by atoms with van der Waals surface area (Å²) in [6.07, 6.45) is 12.1. The molecule has 2 N–H and O–H groups in total. The molecule has 0 saturated carbocycles. The maximum absolute atomic E-state index is 9.31. The molecule has 0 heterocycles. The van der Waals surface area contributed by atoms with E-state index in [1.54, 1.807) is 0 Å². The molecule has 2 heteroatoms. The van der Waals surface area contributed by atoms with Crippen molar-refractivity contribution in [1.29, 1.82) is 0 Å². The van der Waals surface area contributed by atoms with Gasteiger partial charge in [-0.2, -0.15) is 0 Å². The van der Waals surface area contributed by atoms with Gasteiger partial charge in [-0.05, 0) is 38.5 Å². The zero-order valence-corrected chi connectivity index (χ0v) is 16.3. The highest BCUT2D eigenvalue weighted by atomic mass is 16.3. The molecule has 0 radical (unpaired) electrons. The summed E-state index contributed by atoms with van der Waals surface area (Å²) in [5, 5.41) is 18.6. The zero-order valence-electron chi connectivity index (χ0n) is 16.3. The smallest absolute Gasteiger partial charge is 0.0540 e. The van der Waals surface area contributed by atoms with Crippen molar-refractivity contribution in [2.45, 2.75) is 118 Å². The van der Waals surface area contributed by atoms with Crippen molar-refractivity contribution in [1.82, 2.24) is 0 Å². The number of aliphatic hydroxyl groups is 2. The second-order valence-corrected chi connectivity index (χ2v) is 6.81. The molecule has 0 rings (SSSR count).